The van der Waals surface area contributed by atoms with E-state index in [0.717, 1.165) is 18.9 Å². The minimum atomic E-state index is -3.88. The van der Waals surface area contributed by atoms with Crippen LogP contribution in [0.25, 0.3) is 0 Å². The van der Waals surface area contributed by atoms with Gasteiger partial charge in [-0.25, -0.2) is 17.2 Å². The number of alkyl halides is 2. The highest BCUT2D eigenvalue weighted by molar-refractivity contribution is 7.89. The van der Waals surface area contributed by atoms with E-state index in [4.69, 9.17) is 0 Å². The Morgan fingerprint density at radius 2 is 1.75 bits per heavy atom. The molecule has 2 aromatic rings. The lowest BCUT2D eigenvalue weighted by molar-refractivity contribution is -0.385. The molecule has 0 amide bonds. The first-order valence-corrected chi connectivity index (χ1v) is 10.1. The van der Waals surface area contributed by atoms with Gasteiger partial charge in [0.2, 0.25) is 10.0 Å². The molecule has 0 unspecified atom stereocenters. The third-order valence-electron chi connectivity index (χ3n) is 4.57. The minimum absolute atomic E-state index is 0.101. The van der Waals surface area contributed by atoms with Gasteiger partial charge in [-0.1, -0.05) is 24.3 Å². The fourth-order valence-electron chi connectivity index (χ4n) is 3.03. The standard InChI is InChI=1S/C18H19F2N3O4S/c19-18(20)14-5-3-13(4-6-14)12-21-16-8-7-15(23(24)25)11-17(16)28(26,27)22-9-1-2-10-22/h3-8,11,18,21H,1-2,9-10,12H2. The number of nitrogens with one attached hydrogen (secondary N) is 1. The summed E-state index contributed by atoms with van der Waals surface area (Å²) in [6.45, 7) is 0.933. The molecule has 7 nitrogen and oxygen atoms in total. The molecule has 0 bridgehead atoms. The normalized spacial score (nSPS) is 15.1. The summed E-state index contributed by atoms with van der Waals surface area (Å²) in [7, 11) is -3.88. The van der Waals surface area contributed by atoms with Gasteiger partial charge in [0.1, 0.15) is 4.90 Å². The quantitative estimate of drug-likeness (QED) is 0.551. The second kappa shape index (κ2) is 8.19. The summed E-state index contributed by atoms with van der Waals surface area (Å²) in [5.41, 5.74) is 0.490. The van der Waals surface area contributed by atoms with Crippen molar-refractivity contribution in [2.24, 2.45) is 0 Å². The fraction of sp³-hybridized carbons (Fsp3) is 0.333. The molecule has 1 aliphatic rings. The number of nitro benzene ring substituents is 1. The van der Waals surface area contributed by atoms with E-state index in [1.165, 1.54) is 40.7 Å². The topological polar surface area (TPSA) is 92.5 Å². The molecule has 0 radical (unpaired) electrons. The van der Waals surface area contributed by atoms with Crippen molar-refractivity contribution in [3.05, 3.63) is 63.7 Å². The Kier molecular flexibility index (Phi) is 5.90. The maximum Gasteiger partial charge on any atom is 0.270 e. The van der Waals surface area contributed by atoms with E-state index in [-0.39, 0.29) is 28.4 Å². The van der Waals surface area contributed by atoms with Crippen LogP contribution < -0.4 is 5.32 Å². The number of nitro groups is 1. The SMILES string of the molecule is O=[N+]([O-])c1ccc(NCc2ccc(C(F)F)cc2)c(S(=O)(=O)N2CCCC2)c1. The predicted molar refractivity (Wildman–Crippen MR) is 99.8 cm³/mol. The summed E-state index contributed by atoms with van der Waals surface area (Å²) in [4.78, 5) is 10.3. The lowest BCUT2D eigenvalue weighted by atomic mass is 10.1. The molecule has 0 spiro atoms. The number of nitrogens with zero attached hydrogens (tertiary/aromatic N) is 2. The molecule has 0 saturated carbocycles. The number of halogens is 2. The number of hydrogen-bond acceptors (Lipinski definition) is 5. The summed E-state index contributed by atoms with van der Waals surface area (Å²) < 4.78 is 52.5. The van der Waals surface area contributed by atoms with Gasteiger partial charge >= 0.3 is 0 Å². The molecule has 0 atom stereocenters. The highest BCUT2D eigenvalue weighted by atomic mass is 32.2. The number of sulfonamides is 1. The van der Waals surface area contributed by atoms with E-state index in [1.54, 1.807) is 0 Å². The Hall–Kier alpha value is -2.59. The van der Waals surface area contributed by atoms with E-state index >= 15 is 0 Å². The van der Waals surface area contributed by atoms with Crippen LogP contribution in [0.5, 0.6) is 0 Å². The summed E-state index contributed by atoms with van der Waals surface area (Å²) in [6.07, 6.45) is -1.07. The van der Waals surface area contributed by atoms with E-state index in [2.05, 4.69) is 5.32 Å². The molecule has 150 valence electrons. The number of rotatable bonds is 7. The molecular formula is C18H19F2N3O4S. The van der Waals surface area contributed by atoms with Gasteiger partial charge in [-0.2, -0.15) is 4.31 Å². The van der Waals surface area contributed by atoms with Crippen LogP contribution in [0.4, 0.5) is 20.2 Å². The highest BCUT2D eigenvalue weighted by Crippen LogP contribution is 2.31. The van der Waals surface area contributed by atoms with E-state index < -0.39 is 21.4 Å². The van der Waals surface area contributed by atoms with Gasteiger partial charge in [-0.05, 0) is 24.5 Å². The molecular weight excluding hydrogens is 392 g/mol. The molecule has 3 rings (SSSR count). The summed E-state index contributed by atoms with van der Waals surface area (Å²) >= 11 is 0. The van der Waals surface area contributed by atoms with Gasteiger partial charge in [-0.3, -0.25) is 10.1 Å². The van der Waals surface area contributed by atoms with Crippen LogP contribution in [-0.2, 0) is 16.6 Å². The fourth-order valence-corrected chi connectivity index (χ4v) is 4.73. The first-order chi connectivity index (χ1) is 13.3. The number of hydrogen-bond donors (Lipinski definition) is 1. The van der Waals surface area contributed by atoms with Crippen LogP contribution in [0.2, 0.25) is 0 Å². The van der Waals surface area contributed by atoms with Crippen molar-refractivity contribution in [1.29, 1.82) is 0 Å². The summed E-state index contributed by atoms with van der Waals surface area (Å²) in [6, 6.07) is 9.29. The van der Waals surface area contributed by atoms with Crippen molar-refractivity contribution in [3.63, 3.8) is 0 Å². The van der Waals surface area contributed by atoms with Crippen molar-refractivity contribution in [1.82, 2.24) is 4.31 Å². The van der Waals surface area contributed by atoms with Crippen molar-refractivity contribution in [2.75, 3.05) is 18.4 Å². The van der Waals surface area contributed by atoms with Gasteiger partial charge in [0.15, 0.2) is 0 Å². The second-order valence-electron chi connectivity index (χ2n) is 6.44. The Balaban J connectivity index is 1.88. The maximum atomic E-state index is 12.9. The molecule has 0 aliphatic carbocycles. The molecule has 1 aliphatic heterocycles. The first kappa shape index (κ1) is 20.2. The number of anilines is 1. The van der Waals surface area contributed by atoms with Crippen molar-refractivity contribution in [2.45, 2.75) is 30.7 Å². The third-order valence-corrected chi connectivity index (χ3v) is 6.51. The molecule has 2 aromatic carbocycles. The van der Waals surface area contributed by atoms with Gasteiger partial charge in [0.05, 0.1) is 10.6 Å². The first-order valence-electron chi connectivity index (χ1n) is 8.68. The van der Waals surface area contributed by atoms with Crippen molar-refractivity contribution >= 4 is 21.4 Å². The van der Waals surface area contributed by atoms with Crippen LogP contribution in [0.15, 0.2) is 47.4 Å². The Bertz CT molecular complexity index is 959. The predicted octanol–water partition coefficient (Wildman–Crippen LogP) is 3.93. The molecule has 10 heteroatoms. The number of benzene rings is 2. The van der Waals surface area contributed by atoms with Gasteiger partial charge in [0.25, 0.3) is 12.1 Å². The van der Waals surface area contributed by atoms with Crippen molar-refractivity contribution in [3.8, 4) is 0 Å². The van der Waals surface area contributed by atoms with Gasteiger partial charge < -0.3 is 5.32 Å². The van der Waals surface area contributed by atoms with Crippen LogP contribution in [-0.4, -0.2) is 30.7 Å². The maximum absolute atomic E-state index is 12.9. The van der Waals surface area contributed by atoms with Crippen molar-refractivity contribution < 1.29 is 22.1 Å². The van der Waals surface area contributed by atoms with E-state index in [1.807, 2.05) is 0 Å². The zero-order valence-electron chi connectivity index (χ0n) is 14.8. The summed E-state index contributed by atoms with van der Waals surface area (Å²) in [5.74, 6) is 0. The Morgan fingerprint density at radius 1 is 1.11 bits per heavy atom. The molecule has 1 fully saturated rings. The van der Waals surface area contributed by atoms with Gasteiger partial charge in [0, 0.05) is 37.3 Å². The second-order valence-corrected chi connectivity index (χ2v) is 8.35. The smallest absolute Gasteiger partial charge is 0.270 e. The van der Waals surface area contributed by atoms with Gasteiger partial charge in [-0.15, -0.1) is 0 Å². The molecule has 28 heavy (non-hydrogen) atoms. The summed E-state index contributed by atoms with van der Waals surface area (Å²) in [5, 5.41) is 14.1. The molecule has 0 aromatic heterocycles. The highest BCUT2D eigenvalue weighted by Gasteiger charge is 2.30. The molecule has 1 N–H and O–H groups in total. The lowest BCUT2D eigenvalue weighted by Gasteiger charge is -2.19. The number of non-ortho nitro benzene ring substituents is 1. The zero-order chi connectivity index (χ0) is 20.3. The van der Waals surface area contributed by atoms with Crippen LogP contribution in [0.1, 0.15) is 30.4 Å². The largest absolute Gasteiger partial charge is 0.380 e. The molecule has 1 saturated heterocycles. The third kappa shape index (κ3) is 4.28. The zero-order valence-corrected chi connectivity index (χ0v) is 15.7. The molecule has 1 heterocycles. The average Bonchev–Trinajstić information content (AvgIpc) is 3.22. The Morgan fingerprint density at radius 3 is 2.32 bits per heavy atom. The van der Waals surface area contributed by atoms with Crippen LogP contribution in [0.3, 0.4) is 0 Å². The minimum Gasteiger partial charge on any atom is -0.380 e. The monoisotopic (exact) mass is 411 g/mol. The average molecular weight is 411 g/mol. The lowest BCUT2D eigenvalue weighted by Crippen LogP contribution is -2.28. The van der Waals surface area contributed by atoms with Crippen LogP contribution in [0, 0.1) is 10.1 Å². The van der Waals surface area contributed by atoms with E-state index in [9.17, 15) is 27.3 Å². The van der Waals surface area contributed by atoms with E-state index in [0.29, 0.717) is 18.7 Å². The van der Waals surface area contributed by atoms with Crippen LogP contribution >= 0.6 is 0 Å². The Labute approximate surface area is 161 Å².